The lowest BCUT2D eigenvalue weighted by atomic mass is 10.2. The molecule has 3 aromatic carbocycles. The van der Waals surface area contributed by atoms with E-state index in [4.69, 9.17) is 9.47 Å². The van der Waals surface area contributed by atoms with Gasteiger partial charge in [0.25, 0.3) is 15.7 Å². The van der Waals surface area contributed by atoms with Crippen LogP contribution in [-0.2, 0) is 10.0 Å². The summed E-state index contributed by atoms with van der Waals surface area (Å²) in [4.78, 5) is 10.1. The Morgan fingerprint density at radius 2 is 1.70 bits per heavy atom. The van der Waals surface area contributed by atoms with Gasteiger partial charge in [-0.25, -0.2) is 8.42 Å². The molecule has 12 heteroatoms. The third kappa shape index (κ3) is 5.30. The molecule has 3 N–H and O–H groups in total. The van der Waals surface area contributed by atoms with Crippen molar-refractivity contribution < 1.29 is 27.9 Å². The van der Waals surface area contributed by atoms with Crippen LogP contribution in [0.1, 0.15) is 5.56 Å². The molecule has 3 rings (SSSR count). The molecule has 0 unspecified atom stereocenters. The van der Waals surface area contributed by atoms with Gasteiger partial charge in [-0.1, -0.05) is 18.2 Å². The lowest BCUT2D eigenvalue weighted by Gasteiger charge is -2.14. The Balaban J connectivity index is 1.97. The first-order valence-electron chi connectivity index (χ1n) is 9.36. The van der Waals surface area contributed by atoms with Gasteiger partial charge in [-0.2, -0.15) is 5.10 Å². The van der Waals surface area contributed by atoms with Crippen molar-refractivity contribution in [2.45, 2.75) is 4.90 Å². The van der Waals surface area contributed by atoms with Crippen LogP contribution in [0.5, 0.6) is 17.2 Å². The van der Waals surface area contributed by atoms with E-state index >= 15 is 0 Å². The highest BCUT2D eigenvalue weighted by Crippen LogP contribution is 2.32. The number of para-hydroxylation sites is 3. The van der Waals surface area contributed by atoms with Crippen molar-refractivity contribution in [1.29, 1.82) is 0 Å². The molecule has 0 heterocycles. The minimum absolute atomic E-state index is 0.0263. The Kier molecular flexibility index (Phi) is 6.98. The number of hydrogen-bond donors (Lipinski definition) is 3. The second kappa shape index (κ2) is 9.87. The van der Waals surface area contributed by atoms with Crippen molar-refractivity contribution in [2.75, 3.05) is 24.4 Å². The standard InChI is InChI=1S/C21H20N4O7S/c1-31-18-8-4-3-7-16(18)24-33(29,30)20-12-15(25(27)28)10-11-17(20)23-22-13-14-6-5-9-19(32-2)21(14)26/h3-13,23-24,26H,1-2H3/b22-13+. The Bertz CT molecular complexity index is 1310. The fourth-order valence-corrected chi connectivity index (χ4v) is 4.09. The number of rotatable bonds is 9. The van der Waals surface area contributed by atoms with Crippen LogP contribution in [0.3, 0.4) is 0 Å². The number of phenols is 1. The number of nitro groups is 1. The van der Waals surface area contributed by atoms with Gasteiger partial charge in [-0.05, 0) is 30.3 Å². The maximum atomic E-state index is 13.1. The van der Waals surface area contributed by atoms with Crippen molar-refractivity contribution in [3.63, 3.8) is 0 Å². The normalized spacial score (nSPS) is 11.2. The second-order valence-corrected chi connectivity index (χ2v) is 8.16. The van der Waals surface area contributed by atoms with Crippen LogP contribution in [0.4, 0.5) is 17.1 Å². The number of hydrogen-bond acceptors (Lipinski definition) is 9. The third-order valence-electron chi connectivity index (χ3n) is 4.46. The number of nitrogens with zero attached hydrogens (tertiary/aromatic N) is 2. The number of methoxy groups -OCH3 is 2. The minimum Gasteiger partial charge on any atom is -0.504 e. The summed E-state index contributed by atoms with van der Waals surface area (Å²) in [6.07, 6.45) is 1.25. The summed E-state index contributed by atoms with van der Waals surface area (Å²) in [7, 11) is -1.50. The Hall–Kier alpha value is -4.32. The van der Waals surface area contributed by atoms with Crippen molar-refractivity contribution in [2.24, 2.45) is 5.10 Å². The molecule has 0 bridgehead atoms. The molecule has 0 radical (unpaired) electrons. The van der Waals surface area contributed by atoms with Crippen LogP contribution < -0.4 is 19.6 Å². The maximum Gasteiger partial charge on any atom is 0.270 e. The molecule has 3 aromatic rings. The minimum atomic E-state index is -4.29. The van der Waals surface area contributed by atoms with Gasteiger partial charge in [0.1, 0.15) is 10.6 Å². The fraction of sp³-hybridized carbons (Fsp3) is 0.0952. The first kappa shape index (κ1) is 23.3. The summed E-state index contributed by atoms with van der Waals surface area (Å²) in [5, 5.41) is 25.3. The van der Waals surface area contributed by atoms with E-state index in [1.54, 1.807) is 36.4 Å². The number of non-ortho nitro benzene ring substituents is 1. The highest BCUT2D eigenvalue weighted by Gasteiger charge is 2.23. The van der Waals surface area contributed by atoms with E-state index in [9.17, 15) is 23.6 Å². The molecule has 11 nitrogen and oxygen atoms in total. The number of sulfonamides is 1. The average Bonchev–Trinajstić information content (AvgIpc) is 2.80. The predicted octanol–water partition coefficient (Wildman–Crippen LogP) is 3.56. The average molecular weight is 472 g/mol. The monoisotopic (exact) mass is 472 g/mol. The molecule has 172 valence electrons. The predicted molar refractivity (Wildman–Crippen MR) is 123 cm³/mol. The number of phenolic OH excluding ortho intramolecular Hbond substituents is 1. The van der Waals surface area contributed by atoms with Crippen molar-refractivity contribution in [3.8, 4) is 17.2 Å². The van der Waals surface area contributed by atoms with Crippen LogP contribution in [0, 0.1) is 10.1 Å². The molecular formula is C21H20N4O7S. The Morgan fingerprint density at radius 1 is 1.00 bits per heavy atom. The van der Waals surface area contributed by atoms with Gasteiger partial charge >= 0.3 is 0 Å². The fourth-order valence-electron chi connectivity index (χ4n) is 2.85. The summed E-state index contributed by atoms with van der Waals surface area (Å²) < 4.78 is 38.8. The number of ether oxygens (including phenoxy) is 2. The summed E-state index contributed by atoms with van der Waals surface area (Å²) in [5.41, 5.74) is 2.57. The van der Waals surface area contributed by atoms with E-state index in [1.807, 2.05) is 0 Å². The first-order chi connectivity index (χ1) is 15.8. The van der Waals surface area contributed by atoms with E-state index in [1.165, 1.54) is 32.6 Å². The van der Waals surface area contributed by atoms with Crippen molar-refractivity contribution >= 4 is 33.3 Å². The molecule has 33 heavy (non-hydrogen) atoms. The summed E-state index contributed by atoms with van der Waals surface area (Å²) >= 11 is 0. The van der Waals surface area contributed by atoms with Gasteiger partial charge in [-0.15, -0.1) is 0 Å². The van der Waals surface area contributed by atoms with E-state index in [0.717, 1.165) is 12.1 Å². The van der Waals surface area contributed by atoms with E-state index in [0.29, 0.717) is 5.56 Å². The number of anilines is 2. The number of nitrogens with one attached hydrogen (secondary N) is 2. The summed E-state index contributed by atoms with van der Waals surface area (Å²) in [5.74, 6) is 0.353. The van der Waals surface area contributed by atoms with Gasteiger partial charge in [0.15, 0.2) is 11.5 Å². The first-order valence-corrected chi connectivity index (χ1v) is 10.8. The van der Waals surface area contributed by atoms with E-state index < -0.39 is 25.5 Å². The lowest BCUT2D eigenvalue weighted by molar-refractivity contribution is -0.385. The quantitative estimate of drug-likeness (QED) is 0.243. The molecule has 0 aliphatic rings. The van der Waals surface area contributed by atoms with Gasteiger partial charge in [0.2, 0.25) is 0 Å². The molecule has 0 amide bonds. The molecule has 0 fully saturated rings. The van der Waals surface area contributed by atoms with Gasteiger partial charge in [-0.3, -0.25) is 20.3 Å². The van der Waals surface area contributed by atoms with E-state index in [2.05, 4.69) is 15.2 Å². The Morgan fingerprint density at radius 3 is 2.39 bits per heavy atom. The summed E-state index contributed by atoms with van der Waals surface area (Å²) in [6.45, 7) is 0. The SMILES string of the molecule is COc1ccccc1NS(=O)(=O)c1cc([N+](=O)[O-])ccc1N/N=C/c1cccc(OC)c1O. The van der Waals surface area contributed by atoms with Gasteiger partial charge in [0, 0.05) is 17.7 Å². The molecule has 0 spiro atoms. The van der Waals surface area contributed by atoms with Crippen LogP contribution in [-0.4, -0.2) is 38.9 Å². The molecule has 0 aromatic heterocycles. The van der Waals surface area contributed by atoms with Gasteiger partial charge in [0.05, 0.1) is 36.7 Å². The number of hydrazone groups is 1. The molecule has 0 saturated heterocycles. The zero-order chi connectivity index (χ0) is 24.0. The Labute approximate surface area is 189 Å². The maximum absolute atomic E-state index is 13.1. The number of aromatic hydroxyl groups is 1. The molecule has 0 saturated carbocycles. The van der Waals surface area contributed by atoms with Crippen LogP contribution in [0.2, 0.25) is 0 Å². The second-order valence-electron chi connectivity index (χ2n) is 6.51. The lowest BCUT2D eigenvalue weighted by Crippen LogP contribution is -2.15. The van der Waals surface area contributed by atoms with Gasteiger partial charge < -0.3 is 14.6 Å². The third-order valence-corrected chi connectivity index (χ3v) is 5.86. The largest absolute Gasteiger partial charge is 0.504 e. The highest BCUT2D eigenvalue weighted by molar-refractivity contribution is 7.93. The zero-order valence-electron chi connectivity index (χ0n) is 17.6. The molecular weight excluding hydrogens is 452 g/mol. The molecule has 0 atom stereocenters. The van der Waals surface area contributed by atoms with E-state index in [-0.39, 0.29) is 28.6 Å². The summed E-state index contributed by atoms with van der Waals surface area (Å²) in [6, 6.07) is 14.4. The zero-order valence-corrected chi connectivity index (χ0v) is 18.4. The van der Waals surface area contributed by atoms with Crippen molar-refractivity contribution in [1.82, 2.24) is 0 Å². The van der Waals surface area contributed by atoms with Crippen LogP contribution in [0.25, 0.3) is 0 Å². The molecule has 0 aliphatic heterocycles. The van der Waals surface area contributed by atoms with Crippen LogP contribution >= 0.6 is 0 Å². The highest BCUT2D eigenvalue weighted by atomic mass is 32.2. The topological polar surface area (TPSA) is 152 Å². The smallest absolute Gasteiger partial charge is 0.270 e. The number of benzene rings is 3. The van der Waals surface area contributed by atoms with Crippen molar-refractivity contribution in [3.05, 3.63) is 76.3 Å². The molecule has 0 aliphatic carbocycles. The number of nitro benzene ring substituents is 1. The van der Waals surface area contributed by atoms with Crippen LogP contribution in [0.15, 0.2) is 70.7 Å².